The Kier molecular flexibility index (Phi) is 6.50. The summed E-state index contributed by atoms with van der Waals surface area (Å²) in [6.45, 7) is 4.16. The first kappa shape index (κ1) is 9.63. The van der Waals surface area contributed by atoms with Crippen LogP contribution in [0.15, 0.2) is 4.99 Å². The highest BCUT2D eigenvalue weighted by atomic mass is 15.1. The van der Waals surface area contributed by atoms with E-state index in [1.165, 1.54) is 6.42 Å². The van der Waals surface area contributed by atoms with Crippen molar-refractivity contribution in [2.45, 2.75) is 19.8 Å². The summed E-state index contributed by atoms with van der Waals surface area (Å²) in [6, 6.07) is 0. The molecule has 0 amide bonds. The molecule has 0 rings (SSSR count). The Labute approximate surface area is 63.9 Å². The van der Waals surface area contributed by atoms with E-state index >= 15 is 0 Å². The maximum absolute atomic E-state index is 4.23. The number of likely N-dealkylation sites (N-methyl/N-ethyl adjacent to an activating group) is 1. The third kappa shape index (κ3) is 7.63. The van der Waals surface area contributed by atoms with Crippen LogP contribution < -0.4 is 0 Å². The predicted octanol–water partition coefficient (Wildman–Crippen LogP) is 1.42. The lowest BCUT2D eigenvalue weighted by Crippen LogP contribution is -2.15. The molecule has 0 aromatic rings. The fraction of sp³-hybridized carbons (Fsp3) is 0.875. The van der Waals surface area contributed by atoms with Gasteiger partial charge in [-0.05, 0) is 26.7 Å². The molecule has 0 atom stereocenters. The largest absolute Gasteiger partial charge is 0.308 e. The highest BCUT2D eigenvalue weighted by Gasteiger charge is 1.84. The summed E-state index contributed by atoms with van der Waals surface area (Å²) in [6.07, 6.45) is 4.34. The Morgan fingerprint density at radius 1 is 1.40 bits per heavy atom. The lowest BCUT2D eigenvalue weighted by atomic mass is 10.4. The van der Waals surface area contributed by atoms with E-state index in [0.717, 1.165) is 19.5 Å². The maximum Gasteiger partial charge on any atom is 0.0512 e. The molecule has 0 bridgehead atoms. The van der Waals surface area contributed by atoms with E-state index in [9.17, 15) is 0 Å². The standard InChI is InChI=1S/C8H18N2/c1-4-5-6-9-7-8-10(2)3/h6H,4-5,7-8H2,1-3H3/b9-6-. The number of hydrogen-bond donors (Lipinski definition) is 0. The molecule has 2 nitrogen and oxygen atoms in total. The molecule has 0 heterocycles. The number of rotatable bonds is 5. The summed E-state index contributed by atoms with van der Waals surface area (Å²) >= 11 is 0. The van der Waals surface area contributed by atoms with Crippen molar-refractivity contribution in [2.24, 2.45) is 4.99 Å². The van der Waals surface area contributed by atoms with Gasteiger partial charge in [0, 0.05) is 6.54 Å². The molecule has 0 saturated heterocycles. The fourth-order valence-corrected chi connectivity index (χ4v) is 0.569. The average Bonchev–Trinajstić information content (AvgIpc) is 1.87. The molecule has 0 spiro atoms. The molecule has 0 N–H and O–H groups in total. The van der Waals surface area contributed by atoms with Crippen LogP contribution in [-0.4, -0.2) is 38.3 Å². The molecule has 0 aromatic heterocycles. The predicted molar refractivity (Wildman–Crippen MR) is 46.8 cm³/mol. The second kappa shape index (κ2) is 6.75. The zero-order chi connectivity index (χ0) is 7.82. The summed E-state index contributed by atoms with van der Waals surface area (Å²) in [5, 5.41) is 0. The van der Waals surface area contributed by atoms with Gasteiger partial charge in [-0.25, -0.2) is 0 Å². The molecule has 2 heteroatoms. The van der Waals surface area contributed by atoms with E-state index < -0.39 is 0 Å². The zero-order valence-corrected chi connectivity index (χ0v) is 7.30. The first-order valence-electron chi connectivity index (χ1n) is 3.90. The van der Waals surface area contributed by atoms with Crippen LogP contribution in [0, 0.1) is 0 Å². The van der Waals surface area contributed by atoms with E-state index in [1.807, 2.05) is 6.21 Å². The Morgan fingerprint density at radius 3 is 2.60 bits per heavy atom. The summed E-state index contributed by atoms with van der Waals surface area (Å²) in [5.41, 5.74) is 0. The first-order valence-corrected chi connectivity index (χ1v) is 3.90. The molecule has 0 unspecified atom stereocenters. The Bertz CT molecular complexity index is 87.3. The van der Waals surface area contributed by atoms with Gasteiger partial charge in [0.05, 0.1) is 6.54 Å². The quantitative estimate of drug-likeness (QED) is 0.530. The van der Waals surface area contributed by atoms with Crippen molar-refractivity contribution in [3.05, 3.63) is 0 Å². The van der Waals surface area contributed by atoms with Crippen LogP contribution in [0.3, 0.4) is 0 Å². The molecule has 0 aliphatic carbocycles. The molecule has 0 aliphatic heterocycles. The van der Waals surface area contributed by atoms with E-state index in [0.29, 0.717) is 0 Å². The van der Waals surface area contributed by atoms with Crippen LogP contribution in [0.5, 0.6) is 0 Å². The minimum Gasteiger partial charge on any atom is -0.308 e. The van der Waals surface area contributed by atoms with Gasteiger partial charge in [-0.2, -0.15) is 0 Å². The van der Waals surface area contributed by atoms with Gasteiger partial charge in [0.1, 0.15) is 0 Å². The van der Waals surface area contributed by atoms with Crippen molar-refractivity contribution >= 4 is 6.21 Å². The Morgan fingerprint density at radius 2 is 2.10 bits per heavy atom. The van der Waals surface area contributed by atoms with Gasteiger partial charge in [0.15, 0.2) is 0 Å². The topological polar surface area (TPSA) is 15.6 Å². The van der Waals surface area contributed by atoms with Gasteiger partial charge in [-0.3, -0.25) is 4.99 Å². The number of nitrogens with zero attached hydrogens (tertiary/aromatic N) is 2. The second-order valence-electron chi connectivity index (χ2n) is 2.68. The van der Waals surface area contributed by atoms with Crippen LogP contribution in [0.2, 0.25) is 0 Å². The van der Waals surface area contributed by atoms with Gasteiger partial charge in [-0.15, -0.1) is 0 Å². The smallest absolute Gasteiger partial charge is 0.0512 e. The van der Waals surface area contributed by atoms with Crippen molar-refractivity contribution in [1.29, 1.82) is 0 Å². The lowest BCUT2D eigenvalue weighted by Gasteiger charge is -2.04. The Hall–Kier alpha value is -0.370. The minimum atomic E-state index is 0.938. The highest BCUT2D eigenvalue weighted by Crippen LogP contribution is 1.81. The summed E-state index contributed by atoms with van der Waals surface area (Å²) in [5.74, 6) is 0. The van der Waals surface area contributed by atoms with Gasteiger partial charge in [0.2, 0.25) is 0 Å². The molecule has 0 radical (unpaired) electrons. The molecule has 0 aliphatic rings. The third-order valence-corrected chi connectivity index (χ3v) is 1.22. The molecule has 10 heavy (non-hydrogen) atoms. The van der Waals surface area contributed by atoms with Crippen molar-refractivity contribution in [1.82, 2.24) is 4.90 Å². The van der Waals surface area contributed by atoms with Crippen molar-refractivity contribution in [2.75, 3.05) is 27.2 Å². The van der Waals surface area contributed by atoms with E-state index in [2.05, 4.69) is 30.9 Å². The van der Waals surface area contributed by atoms with Gasteiger partial charge in [-0.1, -0.05) is 13.3 Å². The van der Waals surface area contributed by atoms with Crippen LogP contribution in [-0.2, 0) is 0 Å². The number of unbranched alkanes of at least 4 members (excludes halogenated alkanes) is 1. The maximum atomic E-state index is 4.23. The summed E-state index contributed by atoms with van der Waals surface area (Å²) in [4.78, 5) is 6.38. The first-order chi connectivity index (χ1) is 4.77. The van der Waals surface area contributed by atoms with Crippen molar-refractivity contribution < 1.29 is 0 Å². The van der Waals surface area contributed by atoms with Gasteiger partial charge in [0.25, 0.3) is 0 Å². The van der Waals surface area contributed by atoms with Crippen molar-refractivity contribution in [3.8, 4) is 0 Å². The van der Waals surface area contributed by atoms with E-state index in [1.54, 1.807) is 0 Å². The molecule has 60 valence electrons. The number of aliphatic imine (C=N–C) groups is 1. The monoisotopic (exact) mass is 142 g/mol. The fourth-order valence-electron chi connectivity index (χ4n) is 0.569. The SMILES string of the molecule is CCC/C=N\CCN(C)C. The van der Waals surface area contributed by atoms with Gasteiger partial charge < -0.3 is 4.90 Å². The average molecular weight is 142 g/mol. The molecular formula is C8H18N2. The zero-order valence-electron chi connectivity index (χ0n) is 7.30. The molecule has 0 saturated carbocycles. The minimum absolute atomic E-state index is 0.938. The third-order valence-electron chi connectivity index (χ3n) is 1.22. The summed E-state index contributed by atoms with van der Waals surface area (Å²) in [7, 11) is 4.13. The molecular weight excluding hydrogens is 124 g/mol. The van der Waals surface area contributed by atoms with E-state index in [4.69, 9.17) is 0 Å². The van der Waals surface area contributed by atoms with E-state index in [-0.39, 0.29) is 0 Å². The second-order valence-corrected chi connectivity index (χ2v) is 2.68. The normalized spacial score (nSPS) is 11.6. The van der Waals surface area contributed by atoms with Crippen molar-refractivity contribution in [3.63, 3.8) is 0 Å². The van der Waals surface area contributed by atoms with Crippen LogP contribution in [0.25, 0.3) is 0 Å². The van der Waals surface area contributed by atoms with Crippen LogP contribution >= 0.6 is 0 Å². The van der Waals surface area contributed by atoms with Crippen LogP contribution in [0.1, 0.15) is 19.8 Å². The molecule has 0 aromatic carbocycles. The highest BCUT2D eigenvalue weighted by molar-refractivity contribution is 5.56. The lowest BCUT2D eigenvalue weighted by molar-refractivity contribution is 0.420. The van der Waals surface area contributed by atoms with Gasteiger partial charge >= 0.3 is 0 Å². The Balaban J connectivity index is 3.02. The van der Waals surface area contributed by atoms with Crippen LogP contribution in [0.4, 0.5) is 0 Å². The summed E-state index contributed by atoms with van der Waals surface area (Å²) < 4.78 is 0. The molecule has 0 fully saturated rings. The number of hydrogen-bond acceptors (Lipinski definition) is 2.